The summed E-state index contributed by atoms with van der Waals surface area (Å²) in [6.45, 7) is 10.5. The summed E-state index contributed by atoms with van der Waals surface area (Å²) in [5.41, 5.74) is 4.89. The number of aliphatic imine (C=N–C) groups is 1. The average Bonchev–Trinajstić information content (AvgIpc) is 2.99. The molecule has 1 aliphatic rings. The molecule has 0 bridgehead atoms. The lowest BCUT2D eigenvalue weighted by atomic mass is 9.96. The van der Waals surface area contributed by atoms with Crippen LogP contribution in [-0.4, -0.2) is 53.4 Å². The second kappa shape index (κ2) is 12.8. The third-order valence-corrected chi connectivity index (χ3v) is 6.76. The third kappa shape index (κ3) is 7.35. The van der Waals surface area contributed by atoms with E-state index in [4.69, 9.17) is 11.6 Å². The van der Waals surface area contributed by atoms with Crippen LogP contribution in [0.25, 0.3) is 0 Å². The zero-order chi connectivity index (χ0) is 22.4. The number of aromatic nitrogens is 2. The topological polar surface area (TPSA) is 57.5 Å². The maximum absolute atomic E-state index is 6.32. The van der Waals surface area contributed by atoms with Crippen LogP contribution in [0.2, 0.25) is 5.02 Å². The van der Waals surface area contributed by atoms with Crippen molar-refractivity contribution in [2.45, 2.75) is 52.6 Å². The average molecular weight is 573 g/mol. The van der Waals surface area contributed by atoms with Crippen molar-refractivity contribution in [1.29, 1.82) is 0 Å². The molecule has 32 heavy (non-hydrogen) atoms. The number of nitrogens with zero attached hydrogens (tertiary/aromatic N) is 4. The van der Waals surface area contributed by atoms with Gasteiger partial charge >= 0.3 is 0 Å². The summed E-state index contributed by atoms with van der Waals surface area (Å²) in [7, 11) is 3.85. The van der Waals surface area contributed by atoms with Crippen LogP contribution in [0, 0.1) is 19.8 Å². The quantitative estimate of drug-likeness (QED) is 0.295. The molecule has 0 saturated carbocycles. The standard InChI is InChI=1S/C24H37ClN6.HI/c1-17(14-22-18(2)29-30(5)19(22)3)28-24(26-4)27-15-20-10-12-31(13-11-20)16-21-8-6-7-9-23(21)25;/h6-9,17,20H,10-16H2,1-5H3,(H2,26,27,28);1H. The van der Waals surface area contributed by atoms with Crippen molar-refractivity contribution < 1.29 is 0 Å². The van der Waals surface area contributed by atoms with Crippen molar-refractivity contribution in [1.82, 2.24) is 25.3 Å². The summed E-state index contributed by atoms with van der Waals surface area (Å²) < 4.78 is 1.96. The Morgan fingerprint density at radius 2 is 1.94 bits per heavy atom. The van der Waals surface area contributed by atoms with Gasteiger partial charge in [-0.05, 0) is 76.2 Å². The highest BCUT2D eigenvalue weighted by Gasteiger charge is 2.20. The maximum Gasteiger partial charge on any atom is 0.191 e. The molecule has 1 aliphatic heterocycles. The van der Waals surface area contributed by atoms with E-state index in [1.165, 1.54) is 29.7 Å². The van der Waals surface area contributed by atoms with E-state index in [0.717, 1.165) is 49.3 Å². The molecule has 0 spiro atoms. The number of halogens is 2. The number of guanidine groups is 1. The lowest BCUT2D eigenvalue weighted by Crippen LogP contribution is -2.46. The minimum Gasteiger partial charge on any atom is -0.356 e. The van der Waals surface area contributed by atoms with E-state index in [1.54, 1.807) is 0 Å². The van der Waals surface area contributed by atoms with Crippen LogP contribution in [0.3, 0.4) is 0 Å². The molecule has 6 nitrogen and oxygen atoms in total. The summed E-state index contributed by atoms with van der Waals surface area (Å²) in [6, 6.07) is 8.44. The van der Waals surface area contributed by atoms with Crippen molar-refractivity contribution >= 4 is 41.5 Å². The normalized spacial score (nSPS) is 16.5. The third-order valence-electron chi connectivity index (χ3n) is 6.39. The Labute approximate surface area is 215 Å². The van der Waals surface area contributed by atoms with Crippen molar-refractivity contribution in [2.24, 2.45) is 18.0 Å². The molecule has 0 aliphatic carbocycles. The molecular weight excluding hydrogens is 535 g/mol. The molecule has 1 aromatic heterocycles. The van der Waals surface area contributed by atoms with Crippen LogP contribution >= 0.6 is 35.6 Å². The Morgan fingerprint density at radius 3 is 2.53 bits per heavy atom. The lowest BCUT2D eigenvalue weighted by Gasteiger charge is -2.32. The van der Waals surface area contributed by atoms with Crippen molar-refractivity contribution in [3.8, 4) is 0 Å². The van der Waals surface area contributed by atoms with Gasteiger partial charge in [-0.1, -0.05) is 29.8 Å². The molecule has 1 saturated heterocycles. The minimum atomic E-state index is 0. The van der Waals surface area contributed by atoms with Gasteiger partial charge in [0.1, 0.15) is 0 Å². The van der Waals surface area contributed by atoms with Gasteiger partial charge in [0, 0.05) is 43.9 Å². The molecule has 178 valence electrons. The fraction of sp³-hybridized carbons (Fsp3) is 0.583. The molecule has 2 heterocycles. The molecule has 3 rings (SSSR count). The van der Waals surface area contributed by atoms with E-state index in [2.05, 4.69) is 58.5 Å². The summed E-state index contributed by atoms with van der Waals surface area (Å²) in [6.07, 6.45) is 3.32. The second-order valence-corrected chi connectivity index (χ2v) is 9.19. The van der Waals surface area contributed by atoms with Crippen molar-refractivity contribution in [3.63, 3.8) is 0 Å². The van der Waals surface area contributed by atoms with Gasteiger partial charge in [0.2, 0.25) is 0 Å². The monoisotopic (exact) mass is 572 g/mol. The number of aryl methyl sites for hydroxylation is 2. The van der Waals surface area contributed by atoms with E-state index in [-0.39, 0.29) is 30.0 Å². The van der Waals surface area contributed by atoms with Gasteiger partial charge in [0.25, 0.3) is 0 Å². The highest BCUT2D eigenvalue weighted by Crippen LogP contribution is 2.22. The molecule has 8 heteroatoms. The zero-order valence-electron chi connectivity index (χ0n) is 20.0. The van der Waals surface area contributed by atoms with Gasteiger partial charge < -0.3 is 10.6 Å². The minimum absolute atomic E-state index is 0. The molecule has 1 fully saturated rings. The summed E-state index contributed by atoms with van der Waals surface area (Å²) in [5, 5.41) is 12.5. The number of hydrogen-bond acceptors (Lipinski definition) is 3. The fourth-order valence-corrected chi connectivity index (χ4v) is 4.55. The molecule has 1 unspecified atom stereocenters. The fourth-order valence-electron chi connectivity index (χ4n) is 4.36. The number of rotatable bonds is 7. The van der Waals surface area contributed by atoms with E-state index < -0.39 is 0 Å². The number of hydrogen-bond donors (Lipinski definition) is 2. The maximum atomic E-state index is 6.32. The molecule has 2 aromatic rings. The molecule has 0 radical (unpaired) electrons. The molecular formula is C24H38ClIN6. The summed E-state index contributed by atoms with van der Waals surface area (Å²) in [4.78, 5) is 6.94. The molecule has 1 aromatic carbocycles. The van der Waals surface area contributed by atoms with Crippen LogP contribution in [0.4, 0.5) is 0 Å². The van der Waals surface area contributed by atoms with Crippen molar-refractivity contribution in [2.75, 3.05) is 26.7 Å². The Bertz CT molecular complexity index is 889. The number of nitrogens with one attached hydrogen (secondary N) is 2. The van der Waals surface area contributed by atoms with Crippen LogP contribution in [0.1, 0.15) is 42.3 Å². The zero-order valence-corrected chi connectivity index (χ0v) is 23.1. The van der Waals surface area contributed by atoms with Crippen molar-refractivity contribution in [3.05, 3.63) is 51.8 Å². The van der Waals surface area contributed by atoms with Gasteiger partial charge in [0.15, 0.2) is 5.96 Å². The van der Waals surface area contributed by atoms with Gasteiger partial charge in [0.05, 0.1) is 5.69 Å². The summed E-state index contributed by atoms with van der Waals surface area (Å²) >= 11 is 6.32. The highest BCUT2D eigenvalue weighted by molar-refractivity contribution is 14.0. The van der Waals surface area contributed by atoms with Gasteiger partial charge in [-0.25, -0.2) is 0 Å². The lowest BCUT2D eigenvalue weighted by molar-refractivity contribution is 0.178. The Balaban J connectivity index is 0.00000363. The number of likely N-dealkylation sites (tertiary alicyclic amines) is 1. The first-order chi connectivity index (χ1) is 14.9. The highest BCUT2D eigenvalue weighted by atomic mass is 127. The predicted octanol–water partition coefficient (Wildman–Crippen LogP) is 4.32. The van der Waals surface area contributed by atoms with Gasteiger partial charge in [-0.15, -0.1) is 24.0 Å². The summed E-state index contributed by atoms with van der Waals surface area (Å²) in [5.74, 6) is 1.55. The molecule has 1 atom stereocenters. The van der Waals surface area contributed by atoms with E-state index in [9.17, 15) is 0 Å². The van der Waals surface area contributed by atoms with Gasteiger partial charge in [-0.3, -0.25) is 14.6 Å². The Hall–Kier alpha value is -1.32. The predicted molar refractivity (Wildman–Crippen MR) is 145 cm³/mol. The first kappa shape index (κ1) is 26.9. The number of piperidine rings is 1. The van der Waals surface area contributed by atoms with E-state index >= 15 is 0 Å². The smallest absolute Gasteiger partial charge is 0.191 e. The molecule has 0 amide bonds. The largest absolute Gasteiger partial charge is 0.356 e. The number of benzene rings is 1. The second-order valence-electron chi connectivity index (χ2n) is 8.79. The first-order valence-corrected chi connectivity index (χ1v) is 11.7. The van der Waals surface area contributed by atoms with Crippen LogP contribution in [-0.2, 0) is 20.0 Å². The first-order valence-electron chi connectivity index (χ1n) is 11.3. The van der Waals surface area contributed by atoms with Gasteiger partial charge in [-0.2, -0.15) is 5.10 Å². The van der Waals surface area contributed by atoms with E-state index in [0.29, 0.717) is 5.92 Å². The van der Waals surface area contributed by atoms with Crippen LogP contribution < -0.4 is 10.6 Å². The molecule has 2 N–H and O–H groups in total. The Kier molecular flexibility index (Phi) is 10.8. The Morgan fingerprint density at radius 1 is 1.25 bits per heavy atom. The van der Waals surface area contributed by atoms with Crippen LogP contribution in [0.5, 0.6) is 0 Å². The van der Waals surface area contributed by atoms with E-state index in [1.807, 2.05) is 30.9 Å². The SMILES string of the molecule is CN=C(NCC1CCN(Cc2ccccc2Cl)CC1)NC(C)Cc1c(C)nn(C)c1C.I. The van der Waals surface area contributed by atoms with Crippen LogP contribution in [0.15, 0.2) is 29.3 Å².